The fourth-order valence-corrected chi connectivity index (χ4v) is 3.20. The SMILES string of the molecule is CC(C)C(C)(C#N)NC(=O)CN1CCN(CC(=O)N2CCCC2)CC1. The molecule has 2 aliphatic heterocycles. The van der Waals surface area contributed by atoms with E-state index >= 15 is 0 Å². The van der Waals surface area contributed by atoms with Crippen LogP contribution in [0.3, 0.4) is 0 Å². The minimum absolute atomic E-state index is 0.0508. The van der Waals surface area contributed by atoms with Gasteiger partial charge in [-0.25, -0.2) is 0 Å². The van der Waals surface area contributed by atoms with Crippen molar-refractivity contribution >= 4 is 11.8 Å². The van der Waals surface area contributed by atoms with E-state index in [9.17, 15) is 14.9 Å². The topological polar surface area (TPSA) is 79.7 Å². The Hall–Kier alpha value is -1.65. The molecular weight excluding hydrogens is 318 g/mol. The predicted molar refractivity (Wildman–Crippen MR) is 95.7 cm³/mol. The Morgan fingerprint density at radius 3 is 2.04 bits per heavy atom. The van der Waals surface area contributed by atoms with Crippen molar-refractivity contribution in [2.45, 2.75) is 39.2 Å². The van der Waals surface area contributed by atoms with E-state index in [4.69, 9.17) is 0 Å². The Labute approximate surface area is 150 Å². The third-order valence-corrected chi connectivity index (χ3v) is 5.44. The number of carbonyl (C=O) groups is 2. The van der Waals surface area contributed by atoms with Crippen LogP contribution in [-0.2, 0) is 9.59 Å². The van der Waals surface area contributed by atoms with Crippen LogP contribution in [0, 0.1) is 17.2 Å². The molecule has 2 rings (SSSR count). The number of nitriles is 1. The fourth-order valence-electron chi connectivity index (χ4n) is 3.20. The lowest BCUT2D eigenvalue weighted by atomic mass is 9.90. The highest BCUT2D eigenvalue weighted by atomic mass is 16.2. The molecule has 0 spiro atoms. The van der Waals surface area contributed by atoms with Gasteiger partial charge < -0.3 is 10.2 Å². The van der Waals surface area contributed by atoms with E-state index in [1.165, 1.54) is 0 Å². The molecule has 0 aromatic rings. The minimum Gasteiger partial charge on any atom is -0.342 e. The summed E-state index contributed by atoms with van der Waals surface area (Å²) in [4.78, 5) is 30.7. The number of hydrogen-bond donors (Lipinski definition) is 1. The van der Waals surface area contributed by atoms with E-state index in [2.05, 4.69) is 21.2 Å². The van der Waals surface area contributed by atoms with Crippen molar-refractivity contribution in [3.63, 3.8) is 0 Å². The van der Waals surface area contributed by atoms with Crippen LogP contribution in [0.5, 0.6) is 0 Å². The van der Waals surface area contributed by atoms with E-state index < -0.39 is 5.54 Å². The minimum atomic E-state index is -0.832. The molecule has 0 bridgehead atoms. The quantitative estimate of drug-likeness (QED) is 0.745. The average molecular weight is 349 g/mol. The summed E-state index contributed by atoms with van der Waals surface area (Å²) < 4.78 is 0. The molecule has 2 heterocycles. The molecule has 140 valence electrons. The Bertz CT molecular complexity index is 516. The molecule has 7 heteroatoms. The highest BCUT2D eigenvalue weighted by Crippen LogP contribution is 2.15. The van der Waals surface area contributed by atoms with Gasteiger partial charge >= 0.3 is 0 Å². The molecule has 2 fully saturated rings. The lowest BCUT2D eigenvalue weighted by Crippen LogP contribution is -2.55. The second-order valence-corrected chi connectivity index (χ2v) is 7.66. The van der Waals surface area contributed by atoms with Crippen molar-refractivity contribution in [1.29, 1.82) is 5.26 Å². The lowest BCUT2D eigenvalue weighted by Gasteiger charge is -2.35. The predicted octanol–water partition coefficient (Wildman–Crippen LogP) is 0.281. The summed E-state index contributed by atoms with van der Waals surface area (Å²) in [5, 5.41) is 12.2. The van der Waals surface area contributed by atoms with Crippen LogP contribution in [0.15, 0.2) is 0 Å². The molecule has 0 radical (unpaired) electrons. The van der Waals surface area contributed by atoms with Crippen LogP contribution in [0.2, 0.25) is 0 Å². The van der Waals surface area contributed by atoms with Crippen molar-refractivity contribution in [2.75, 3.05) is 52.4 Å². The fraction of sp³-hybridized carbons (Fsp3) is 0.833. The van der Waals surface area contributed by atoms with Gasteiger partial charge in [-0.05, 0) is 25.7 Å². The number of rotatable bonds is 6. The Morgan fingerprint density at radius 2 is 1.56 bits per heavy atom. The summed E-state index contributed by atoms with van der Waals surface area (Å²) in [5.41, 5.74) is -0.832. The van der Waals surface area contributed by atoms with Gasteiger partial charge in [-0.15, -0.1) is 0 Å². The van der Waals surface area contributed by atoms with E-state index in [-0.39, 0.29) is 17.7 Å². The van der Waals surface area contributed by atoms with Crippen LogP contribution >= 0.6 is 0 Å². The Balaban J connectivity index is 1.72. The van der Waals surface area contributed by atoms with E-state index in [0.29, 0.717) is 13.1 Å². The first-order valence-electron chi connectivity index (χ1n) is 9.29. The van der Waals surface area contributed by atoms with Gasteiger partial charge in [0.05, 0.1) is 19.2 Å². The van der Waals surface area contributed by atoms with Crippen LogP contribution < -0.4 is 5.32 Å². The number of piperazine rings is 1. The monoisotopic (exact) mass is 349 g/mol. The molecule has 1 N–H and O–H groups in total. The standard InChI is InChI=1S/C18H31N5O2/c1-15(2)18(3,14-19)20-16(24)12-21-8-10-22(11-9-21)13-17(25)23-6-4-5-7-23/h15H,4-13H2,1-3H3,(H,20,24). The molecule has 0 aromatic heterocycles. The summed E-state index contributed by atoms with van der Waals surface area (Å²) >= 11 is 0. The van der Waals surface area contributed by atoms with E-state index in [0.717, 1.165) is 52.1 Å². The van der Waals surface area contributed by atoms with Crippen molar-refractivity contribution in [3.05, 3.63) is 0 Å². The molecule has 0 saturated carbocycles. The smallest absolute Gasteiger partial charge is 0.236 e. The van der Waals surface area contributed by atoms with Gasteiger partial charge in [-0.1, -0.05) is 13.8 Å². The van der Waals surface area contributed by atoms with Gasteiger partial charge in [0.15, 0.2) is 0 Å². The molecule has 2 amide bonds. The molecule has 2 aliphatic rings. The molecule has 25 heavy (non-hydrogen) atoms. The van der Waals surface area contributed by atoms with Gasteiger partial charge in [0.25, 0.3) is 0 Å². The van der Waals surface area contributed by atoms with Crippen LogP contribution in [0.1, 0.15) is 33.6 Å². The molecule has 7 nitrogen and oxygen atoms in total. The maximum Gasteiger partial charge on any atom is 0.236 e. The number of carbonyl (C=O) groups excluding carboxylic acids is 2. The Kier molecular flexibility index (Phi) is 6.79. The zero-order valence-electron chi connectivity index (χ0n) is 15.8. The second kappa shape index (κ2) is 8.63. The van der Waals surface area contributed by atoms with Crippen molar-refractivity contribution in [3.8, 4) is 6.07 Å². The molecule has 0 aliphatic carbocycles. The third kappa shape index (κ3) is 5.41. The van der Waals surface area contributed by atoms with Crippen LogP contribution in [0.25, 0.3) is 0 Å². The van der Waals surface area contributed by atoms with Crippen molar-refractivity contribution < 1.29 is 9.59 Å². The first kappa shape index (κ1) is 19.7. The maximum absolute atomic E-state index is 12.2. The van der Waals surface area contributed by atoms with Crippen LogP contribution in [0.4, 0.5) is 0 Å². The summed E-state index contributed by atoms with van der Waals surface area (Å²) in [6, 6.07) is 2.20. The van der Waals surface area contributed by atoms with Gasteiger partial charge in [0.1, 0.15) is 5.54 Å². The number of hydrogen-bond acceptors (Lipinski definition) is 5. The first-order valence-corrected chi connectivity index (χ1v) is 9.29. The van der Waals surface area contributed by atoms with Gasteiger partial charge in [0, 0.05) is 39.3 Å². The zero-order valence-corrected chi connectivity index (χ0v) is 15.8. The van der Waals surface area contributed by atoms with Gasteiger partial charge in [-0.2, -0.15) is 5.26 Å². The summed E-state index contributed by atoms with van der Waals surface area (Å²) in [5.74, 6) is 0.166. The second-order valence-electron chi connectivity index (χ2n) is 7.66. The highest BCUT2D eigenvalue weighted by molar-refractivity contribution is 5.79. The normalized spacial score (nSPS) is 21.8. The third-order valence-electron chi connectivity index (χ3n) is 5.44. The number of nitrogens with zero attached hydrogens (tertiary/aromatic N) is 4. The first-order chi connectivity index (χ1) is 11.8. The number of likely N-dealkylation sites (tertiary alicyclic amines) is 1. The zero-order chi connectivity index (χ0) is 18.4. The summed E-state index contributed by atoms with van der Waals surface area (Å²) in [6.45, 7) is 11.3. The molecule has 1 unspecified atom stereocenters. The maximum atomic E-state index is 12.2. The molecule has 1 atom stereocenters. The average Bonchev–Trinajstić information content (AvgIpc) is 3.11. The molecule has 2 saturated heterocycles. The number of nitrogens with one attached hydrogen (secondary N) is 1. The summed E-state index contributed by atoms with van der Waals surface area (Å²) in [7, 11) is 0. The van der Waals surface area contributed by atoms with Gasteiger partial charge in [-0.3, -0.25) is 19.4 Å². The van der Waals surface area contributed by atoms with Crippen LogP contribution in [-0.4, -0.2) is 84.4 Å². The van der Waals surface area contributed by atoms with E-state index in [1.807, 2.05) is 18.7 Å². The van der Waals surface area contributed by atoms with Crippen molar-refractivity contribution in [1.82, 2.24) is 20.0 Å². The van der Waals surface area contributed by atoms with Crippen molar-refractivity contribution in [2.24, 2.45) is 5.92 Å². The Morgan fingerprint density at radius 1 is 1.04 bits per heavy atom. The molecular formula is C18H31N5O2. The summed E-state index contributed by atoms with van der Waals surface area (Å²) in [6.07, 6.45) is 2.24. The highest BCUT2D eigenvalue weighted by Gasteiger charge is 2.31. The van der Waals surface area contributed by atoms with E-state index in [1.54, 1.807) is 6.92 Å². The molecule has 0 aromatic carbocycles. The largest absolute Gasteiger partial charge is 0.342 e. The number of amides is 2. The lowest BCUT2D eigenvalue weighted by molar-refractivity contribution is -0.132. The van der Waals surface area contributed by atoms with Gasteiger partial charge in [0.2, 0.25) is 11.8 Å².